The van der Waals surface area contributed by atoms with Crippen molar-refractivity contribution in [2.24, 2.45) is 0 Å². The van der Waals surface area contributed by atoms with E-state index >= 15 is 0 Å². The monoisotopic (exact) mass is 258 g/mol. The van der Waals surface area contributed by atoms with Gasteiger partial charge < -0.3 is 11.1 Å². The number of nitrogens with zero attached hydrogens (tertiary/aromatic N) is 1. The van der Waals surface area contributed by atoms with Crippen LogP contribution in [-0.2, 0) is 0 Å². The second kappa shape index (κ2) is 5.14. The van der Waals surface area contributed by atoms with Crippen molar-refractivity contribution >= 4 is 17.3 Å². The Hall–Kier alpha value is -2.30. The van der Waals surface area contributed by atoms with E-state index < -0.39 is 0 Å². The van der Waals surface area contributed by atoms with E-state index in [-0.39, 0.29) is 5.91 Å². The first-order valence-corrected chi connectivity index (χ1v) is 6.20. The Bertz CT molecular complexity index is 601. The average Bonchev–Trinajstić information content (AvgIpc) is 2.83. The summed E-state index contributed by atoms with van der Waals surface area (Å²) in [5.41, 5.74) is 9.32. The molecule has 0 spiro atoms. The summed E-state index contributed by atoms with van der Waals surface area (Å²) in [5.74, 6) is 0.0694. The van der Waals surface area contributed by atoms with Gasteiger partial charge in [0.15, 0.2) is 5.69 Å². The molecule has 5 nitrogen and oxygen atoms in total. The van der Waals surface area contributed by atoms with Crippen molar-refractivity contribution in [3.63, 3.8) is 0 Å². The van der Waals surface area contributed by atoms with Crippen molar-refractivity contribution in [3.05, 3.63) is 41.2 Å². The van der Waals surface area contributed by atoms with Crippen molar-refractivity contribution in [2.75, 3.05) is 11.1 Å². The highest BCUT2D eigenvalue weighted by atomic mass is 16.1. The molecule has 2 aromatic rings. The minimum atomic E-state index is -0.239. The van der Waals surface area contributed by atoms with Crippen molar-refractivity contribution in [3.8, 4) is 0 Å². The number of nitrogen functional groups attached to an aromatic ring is 1. The Morgan fingerprint density at radius 2 is 2.11 bits per heavy atom. The molecular formula is C14H18N4O. The van der Waals surface area contributed by atoms with E-state index in [1.54, 1.807) is 18.2 Å². The maximum atomic E-state index is 12.1. The van der Waals surface area contributed by atoms with Gasteiger partial charge in [0.1, 0.15) is 0 Å². The number of hydrogen-bond acceptors (Lipinski definition) is 3. The van der Waals surface area contributed by atoms with Crippen LogP contribution >= 0.6 is 0 Å². The summed E-state index contributed by atoms with van der Waals surface area (Å²) >= 11 is 0. The molecule has 0 aliphatic rings. The van der Waals surface area contributed by atoms with Crippen molar-refractivity contribution in [1.29, 1.82) is 0 Å². The predicted octanol–water partition coefficient (Wildman–Crippen LogP) is 2.68. The number of amides is 1. The fourth-order valence-electron chi connectivity index (χ4n) is 1.71. The van der Waals surface area contributed by atoms with E-state index in [2.05, 4.69) is 15.5 Å². The van der Waals surface area contributed by atoms with Gasteiger partial charge in [-0.1, -0.05) is 19.9 Å². The van der Waals surface area contributed by atoms with E-state index in [0.29, 0.717) is 23.0 Å². The summed E-state index contributed by atoms with van der Waals surface area (Å²) in [6, 6.07) is 7.18. The van der Waals surface area contributed by atoms with Crippen LogP contribution in [0.15, 0.2) is 24.3 Å². The third-order valence-electron chi connectivity index (χ3n) is 2.96. The number of aromatic nitrogens is 2. The number of aryl methyl sites for hydroxylation is 1. The second-order valence-electron chi connectivity index (χ2n) is 4.89. The number of nitrogens with one attached hydrogen (secondary N) is 2. The standard InChI is InChI=1S/C14H18N4O/c1-8(2)11-7-13(18-17-11)14(19)16-12-6-10(15)5-4-9(12)3/h4-8H,15H2,1-3H3,(H,16,19)(H,17,18). The molecule has 1 amide bonds. The van der Waals surface area contributed by atoms with Gasteiger partial charge in [-0.15, -0.1) is 0 Å². The van der Waals surface area contributed by atoms with Crippen molar-refractivity contribution in [1.82, 2.24) is 10.2 Å². The molecule has 0 saturated carbocycles. The normalized spacial score (nSPS) is 10.7. The molecule has 0 atom stereocenters. The maximum absolute atomic E-state index is 12.1. The molecular weight excluding hydrogens is 240 g/mol. The summed E-state index contributed by atoms with van der Waals surface area (Å²) in [6.45, 7) is 5.99. The van der Waals surface area contributed by atoms with Crippen molar-refractivity contribution < 1.29 is 4.79 Å². The van der Waals surface area contributed by atoms with Crippen LogP contribution in [0.1, 0.15) is 41.5 Å². The lowest BCUT2D eigenvalue weighted by Gasteiger charge is -2.07. The molecule has 19 heavy (non-hydrogen) atoms. The summed E-state index contributed by atoms with van der Waals surface area (Å²) in [5, 5.41) is 9.70. The van der Waals surface area contributed by atoms with Crippen LogP contribution in [0, 0.1) is 6.92 Å². The molecule has 0 aliphatic heterocycles. The lowest BCUT2D eigenvalue weighted by atomic mass is 10.1. The second-order valence-corrected chi connectivity index (χ2v) is 4.89. The number of H-pyrrole nitrogens is 1. The SMILES string of the molecule is Cc1ccc(N)cc1NC(=O)c1cc(C(C)C)[nH]n1. The molecule has 0 bridgehead atoms. The quantitative estimate of drug-likeness (QED) is 0.740. The molecule has 1 aromatic carbocycles. The van der Waals surface area contributed by atoms with E-state index in [9.17, 15) is 4.79 Å². The van der Waals surface area contributed by atoms with Crippen molar-refractivity contribution in [2.45, 2.75) is 26.7 Å². The van der Waals surface area contributed by atoms with Crippen LogP contribution in [0.2, 0.25) is 0 Å². The molecule has 0 fully saturated rings. The minimum Gasteiger partial charge on any atom is -0.399 e. The van der Waals surface area contributed by atoms with Gasteiger partial charge in [0.25, 0.3) is 5.91 Å². The molecule has 4 N–H and O–H groups in total. The van der Waals surface area contributed by atoms with Gasteiger partial charge in [0, 0.05) is 17.1 Å². The van der Waals surface area contributed by atoms with E-state index in [1.165, 1.54) is 0 Å². The first-order valence-electron chi connectivity index (χ1n) is 6.20. The minimum absolute atomic E-state index is 0.239. The Morgan fingerprint density at radius 3 is 2.74 bits per heavy atom. The Kier molecular flexibility index (Phi) is 3.55. The number of nitrogens with two attached hydrogens (primary N) is 1. The Labute approximate surface area is 112 Å². The molecule has 100 valence electrons. The molecule has 0 saturated heterocycles. The number of benzene rings is 1. The van der Waals surface area contributed by atoms with Gasteiger partial charge in [-0.05, 0) is 36.6 Å². The molecule has 2 rings (SSSR count). The summed E-state index contributed by atoms with van der Waals surface area (Å²) in [4.78, 5) is 12.1. The highest BCUT2D eigenvalue weighted by Crippen LogP contribution is 2.19. The van der Waals surface area contributed by atoms with Gasteiger partial charge in [-0.2, -0.15) is 5.10 Å². The fourth-order valence-corrected chi connectivity index (χ4v) is 1.71. The predicted molar refractivity (Wildman–Crippen MR) is 76.2 cm³/mol. The zero-order valence-electron chi connectivity index (χ0n) is 11.3. The van der Waals surface area contributed by atoms with Crippen LogP contribution in [0.3, 0.4) is 0 Å². The Morgan fingerprint density at radius 1 is 1.37 bits per heavy atom. The topological polar surface area (TPSA) is 83.8 Å². The molecule has 1 heterocycles. The highest BCUT2D eigenvalue weighted by Gasteiger charge is 2.13. The summed E-state index contributed by atoms with van der Waals surface area (Å²) < 4.78 is 0. The zero-order chi connectivity index (χ0) is 14.0. The first-order chi connectivity index (χ1) is 8.97. The summed E-state index contributed by atoms with van der Waals surface area (Å²) in [7, 11) is 0. The molecule has 5 heteroatoms. The number of rotatable bonds is 3. The van der Waals surface area contributed by atoms with Crippen LogP contribution in [0.25, 0.3) is 0 Å². The third kappa shape index (κ3) is 2.93. The average molecular weight is 258 g/mol. The third-order valence-corrected chi connectivity index (χ3v) is 2.96. The smallest absolute Gasteiger partial charge is 0.276 e. The number of anilines is 2. The molecule has 1 aromatic heterocycles. The van der Waals surface area contributed by atoms with Crippen LogP contribution < -0.4 is 11.1 Å². The molecule has 0 aliphatic carbocycles. The Balaban J connectivity index is 2.18. The van der Waals surface area contributed by atoms with Gasteiger partial charge in [0.05, 0.1) is 0 Å². The largest absolute Gasteiger partial charge is 0.399 e. The van der Waals surface area contributed by atoms with Crippen LogP contribution in [0.4, 0.5) is 11.4 Å². The highest BCUT2D eigenvalue weighted by molar-refractivity contribution is 6.03. The summed E-state index contributed by atoms with van der Waals surface area (Å²) in [6.07, 6.45) is 0. The van der Waals surface area contributed by atoms with Crippen LogP contribution in [0.5, 0.6) is 0 Å². The zero-order valence-corrected chi connectivity index (χ0v) is 11.3. The maximum Gasteiger partial charge on any atom is 0.276 e. The number of carbonyl (C=O) groups excluding carboxylic acids is 1. The van der Waals surface area contributed by atoms with Gasteiger partial charge in [-0.25, -0.2) is 0 Å². The number of carbonyl (C=O) groups is 1. The van der Waals surface area contributed by atoms with E-state index in [4.69, 9.17) is 5.73 Å². The fraction of sp³-hybridized carbons (Fsp3) is 0.286. The van der Waals surface area contributed by atoms with E-state index in [0.717, 1.165) is 11.3 Å². The van der Waals surface area contributed by atoms with Crippen LogP contribution in [-0.4, -0.2) is 16.1 Å². The van der Waals surface area contributed by atoms with Gasteiger partial charge >= 0.3 is 0 Å². The number of aromatic amines is 1. The molecule has 0 unspecified atom stereocenters. The lowest BCUT2D eigenvalue weighted by molar-refractivity contribution is 0.102. The van der Waals surface area contributed by atoms with E-state index in [1.807, 2.05) is 26.8 Å². The van der Waals surface area contributed by atoms with Gasteiger partial charge in [0.2, 0.25) is 0 Å². The number of hydrogen-bond donors (Lipinski definition) is 3. The first kappa shape index (κ1) is 13.1. The molecule has 0 radical (unpaired) electrons. The van der Waals surface area contributed by atoms with Gasteiger partial charge in [-0.3, -0.25) is 9.89 Å². The lowest BCUT2D eigenvalue weighted by Crippen LogP contribution is -2.13.